The number of likely N-dealkylation sites (tertiary alicyclic amines) is 1. The van der Waals surface area contributed by atoms with Crippen LogP contribution in [0.15, 0.2) is 24.3 Å². The summed E-state index contributed by atoms with van der Waals surface area (Å²) in [5.74, 6) is 0. The van der Waals surface area contributed by atoms with Crippen molar-refractivity contribution in [3.8, 4) is 0 Å². The van der Waals surface area contributed by atoms with Crippen LogP contribution in [0.5, 0.6) is 0 Å². The summed E-state index contributed by atoms with van der Waals surface area (Å²) in [5, 5.41) is 0. The second kappa shape index (κ2) is 5.05. The van der Waals surface area contributed by atoms with Gasteiger partial charge in [0.1, 0.15) is 6.54 Å². The molecule has 1 aromatic carbocycles. The van der Waals surface area contributed by atoms with Gasteiger partial charge in [-0.2, -0.15) is 0 Å². The van der Waals surface area contributed by atoms with Gasteiger partial charge in [-0.05, 0) is 17.4 Å². The van der Waals surface area contributed by atoms with Crippen LogP contribution < -0.4 is 0 Å². The summed E-state index contributed by atoms with van der Waals surface area (Å²) in [6, 6.07) is 9.32. The van der Waals surface area contributed by atoms with Crippen LogP contribution in [0.25, 0.3) is 0 Å². The zero-order valence-corrected chi connectivity index (χ0v) is 12.5. The molecule has 100 valence electrons. The highest BCUT2D eigenvalue weighted by atomic mass is 15.3. The van der Waals surface area contributed by atoms with E-state index in [1.54, 1.807) is 0 Å². The van der Waals surface area contributed by atoms with E-state index in [0.29, 0.717) is 5.41 Å². The Labute approximate surface area is 112 Å². The Balaban J connectivity index is 1.99. The van der Waals surface area contributed by atoms with E-state index in [2.05, 4.69) is 52.1 Å². The van der Waals surface area contributed by atoms with Crippen molar-refractivity contribution in [1.29, 1.82) is 0 Å². The Bertz CT molecular complexity index is 377. The molecule has 0 aliphatic carbocycles. The van der Waals surface area contributed by atoms with Crippen molar-refractivity contribution in [2.45, 2.75) is 46.6 Å². The third kappa shape index (κ3) is 3.84. The highest BCUT2D eigenvalue weighted by Gasteiger charge is 2.26. The molecule has 1 nitrogen and oxygen atoms in total. The zero-order valence-electron chi connectivity index (χ0n) is 12.5. The summed E-state index contributed by atoms with van der Waals surface area (Å²) >= 11 is 0. The third-order valence-electron chi connectivity index (χ3n) is 3.97. The van der Waals surface area contributed by atoms with E-state index in [1.165, 1.54) is 54.5 Å². The highest BCUT2D eigenvalue weighted by Crippen LogP contribution is 2.23. The zero-order chi connectivity index (χ0) is 13.2. The van der Waals surface area contributed by atoms with Gasteiger partial charge in [0, 0.05) is 18.4 Å². The number of hydrogen-bond acceptors (Lipinski definition) is 0. The smallest absolute Gasteiger partial charge is 0.104 e. The lowest BCUT2D eigenvalue weighted by Gasteiger charge is -2.29. The summed E-state index contributed by atoms with van der Waals surface area (Å²) in [5.41, 5.74) is 3.35. The van der Waals surface area contributed by atoms with Gasteiger partial charge in [-0.3, -0.25) is 0 Å². The van der Waals surface area contributed by atoms with Gasteiger partial charge in [-0.15, -0.1) is 0 Å². The molecule has 0 atom stereocenters. The Morgan fingerprint density at radius 2 is 1.44 bits per heavy atom. The van der Waals surface area contributed by atoms with E-state index in [-0.39, 0.29) is 0 Å². The van der Waals surface area contributed by atoms with Gasteiger partial charge in [0.05, 0.1) is 20.1 Å². The summed E-state index contributed by atoms with van der Waals surface area (Å²) in [4.78, 5) is 0. The Morgan fingerprint density at radius 3 is 1.94 bits per heavy atom. The normalized spacial score (nSPS) is 19.1. The molecule has 0 saturated carbocycles. The van der Waals surface area contributed by atoms with Crippen molar-refractivity contribution in [3.63, 3.8) is 0 Å². The molecule has 1 aromatic rings. The fourth-order valence-electron chi connectivity index (χ4n) is 3.07. The van der Waals surface area contributed by atoms with Crippen molar-refractivity contribution >= 4 is 0 Å². The largest absolute Gasteiger partial charge is 0.322 e. The second-order valence-electron chi connectivity index (χ2n) is 7.49. The lowest BCUT2D eigenvalue weighted by molar-refractivity contribution is -0.910. The molecule has 1 fully saturated rings. The molecule has 1 aliphatic heterocycles. The van der Waals surface area contributed by atoms with Gasteiger partial charge in [0.15, 0.2) is 0 Å². The van der Waals surface area contributed by atoms with Gasteiger partial charge < -0.3 is 4.48 Å². The Kier molecular flexibility index (Phi) is 3.82. The van der Waals surface area contributed by atoms with E-state index >= 15 is 0 Å². The predicted octanol–water partition coefficient (Wildman–Crippen LogP) is 4.02. The maximum absolute atomic E-state index is 2.40. The van der Waals surface area contributed by atoms with Crippen LogP contribution in [-0.4, -0.2) is 24.6 Å². The molecule has 1 aliphatic rings. The van der Waals surface area contributed by atoms with Crippen LogP contribution in [0.3, 0.4) is 0 Å². The van der Waals surface area contributed by atoms with Crippen LogP contribution in [0.1, 0.15) is 44.7 Å². The van der Waals surface area contributed by atoms with E-state index in [0.717, 1.165) is 0 Å². The first kappa shape index (κ1) is 13.6. The highest BCUT2D eigenvalue weighted by molar-refractivity contribution is 5.22. The van der Waals surface area contributed by atoms with Gasteiger partial charge in [0.2, 0.25) is 0 Å². The molecular weight excluding hydrogens is 218 g/mol. The third-order valence-corrected chi connectivity index (χ3v) is 3.97. The lowest BCUT2D eigenvalue weighted by Crippen LogP contribution is -2.39. The second-order valence-corrected chi connectivity index (χ2v) is 7.49. The van der Waals surface area contributed by atoms with Crippen LogP contribution >= 0.6 is 0 Å². The molecule has 0 N–H and O–H groups in total. The molecule has 0 amide bonds. The molecule has 1 saturated heterocycles. The van der Waals surface area contributed by atoms with Crippen LogP contribution in [0.4, 0.5) is 0 Å². The van der Waals surface area contributed by atoms with Crippen molar-refractivity contribution < 1.29 is 4.48 Å². The average molecular weight is 246 g/mol. The fourth-order valence-corrected chi connectivity index (χ4v) is 3.07. The maximum Gasteiger partial charge on any atom is 0.104 e. The molecule has 18 heavy (non-hydrogen) atoms. The molecule has 0 radical (unpaired) electrons. The summed E-state index contributed by atoms with van der Waals surface area (Å²) in [6.07, 6.45) is 3.97. The summed E-state index contributed by atoms with van der Waals surface area (Å²) in [7, 11) is 2.40. The van der Waals surface area contributed by atoms with Crippen LogP contribution in [0, 0.1) is 5.41 Å². The number of nitrogens with zero attached hydrogens (tertiary/aromatic N) is 1. The SMILES string of the molecule is CC(C)(C)Cc1ccc(C[N+]2(C)CCCC2)cc1. The van der Waals surface area contributed by atoms with E-state index < -0.39 is 0 Å². The monoisotopic (exact) mass is 246 g/mol. The summed E-state index contributed by atoms with van der Waals surface area (Å²) < 4.78 is 1.23. The van der Waals surface area contributed by atoms with Crippen molar-refractivity contribution in [2.24, 2.45) is 5.41 Å². The van der Waals surface area contributed by atoms with Crippen molar-refractivity contribution in [1.82, 2.24) is 0 Å². The first-order valence-corrected chi connectivity index (χ1v) is 7.28. The molecule has 1 heteroatoms. The van der Waals surface area contributed by atoms with Gasteiger partial charge in [-0.25, -0.2) is 0 Å². The van der Waals surface area contributed by atoms with Crippen molar-refractivity contribution in [3.05, 3.63) is 35.4 Å². The molecule has 0 spiro atoms. The van der Waals surface area contributed by atoms with Gasteiger partial charge >= 0.3 is 0 Å². The quantitative estimate of drug-likeness (QED) is 0.707. The minimum Gasteiger partial charge on any atom is -0.322 e. The first-order chi connectivity index (χ1) is 8.36. The van der Waals surface area contributed by atoms with E-state index in [9.17, 15) is 0 Å². The Hall–Kier alpha value is -0.820. The van der Waals surface area contributed by atoms with Gasteiger partial charge in [0.25, 0.3) is 0 Å². The lowest BCUT2D eigenvalue weighted by atomic mass is 9.88. The fraction of sp³-hybridized carbons (Fsp3) is 0.647. The minimum absolute atomic E-state index is 0.384. The molecule has 0 bridgehead atoms. The van der Waals surface area contributed by atoms with Gasteiger partial charge in [-0.1, -0.05) is 45.0 Å². The van der Waals surface area contributed by atoms with E-state index in [4.69, 9.17) is 0 Å². The molecule has 0 unspecified atom stereocenters. The van der Waals surface area contributed by atoms with Crippen LogP contribution in [0.2, 0.25) is 0 Å². The average Bonchev–Trinajstić information content (AvgIpc) is 2.66. The maximum atomic E-state index is 2.40. The van der Waals surface area contributed by atoms with Crippen molar-refractivity contribution in [2.75, 3.05) is 20.1 Å². The minimum atomic E-state index is 0.384. The predicted molar refractivity (Wildman–Crippen MR) is 78.5 cm³/mol. The molecular formula is C17H28N+. The number of quaternary nitrogens is 1. The molecule has 1 heterocycles. The number of benzene rings is 1. The number of hydrogen-bond donors (Lipinski definition) is 0. The molecule has 2 rings (SSSR count). The van der Waals surface area contributed by atoms with E-state index in [1.807, 2.05) is 0 Å². The standard InChI is InChI=1S/C17H28N/c1-17(2,3)13-15-7-9-16(10-8-15)14-18(4)11-5-6-12-18/h7-10H,5-6,11-14H2,1-4H3/q+1. The van der Waals surface area contributed by atoms with Crippen LogP contribution in [-0.2, 0) is 13.0 Å². The number of rotatable bonds is 3. The topological polar surface area (TPSA) is 0 Å². The Morgan fingerprint density at radius 1 is 0.944 bits per heavy atom. The summed E-state index contributed by atoms with van der Waals surface area (Å²) in [6.45, 7) is 10.8. The first-order valence-electron chi connectivity index (χ1n) is 7.28. The molecule has 0 aromatic heterocycles.